The number of pyridine rings is 1. The van der Waals surface area contributed by atoms with Gasteiger partial charge in [-0.1, -0.05) is 19.3 Å². The molecule has 1 saturated heterocycles. The predicted octanol–water partition coefficient (Wildman–Crippen LogP) is 3.31. The molecule has 1 aliphatic carbocycles. The van der Waals surface area contributed by atoms with Gasteiger partial charge in [0, 0.05) is 19.1 Å². The van der Waals surface area contributed by atoms with Gasteiger partial charge in [0.25, 0.3) is 0 Å². The van der Waals surface area contributed by atoms with Gasteiger partial charge in [-0.3, -0.25) is 4.79 Å². The van der Waals surface area contributed by atoms with Gasteiger partial charge in [-0.2, -0.15) is 0 Å². The summed E-state index contributed by atoms with van der Waals surface area (Å²) in [6, 6.07) is 2.44. The number of carbonyl (C=O) groups is 1. The highest BCUT2D eigenvalue weighted by molar-refractivity contribution is 5.80. The third kappa shape index (κ3) is 4.04. The van der Waals surface area contributed by atoms with E-state index in [1.807, 2.05) is 20.0 Å². The zero-order valence-electron chi connectivity index (χ0n) is 16.4. The average molecular weight is 367 g/mol. The van der Waals surface area contributed by atoms with Crippen LogP contribution in [0.2, 0.25) is 0 Å². The van der Waals surface area contributed by atoms with Crippen molar-refractivity contribution in [3.8, 4) is 0 Å². The molecule has 0 spiro atoms. The number of hydrogen-bond acceptors (Lipinski definition) is 5. The fraction of sp³-hybridized carbons (Fsp3) is 0.619. The number of fused-ring (bicyclic) bond motifs is 1. The number of carbonyl (C=O) groups excluding carboxylic acids is 1. The van der Waals surface area contributed by atoms with Gasteiger partial charge in [-0.05, 0) is 45.6 Å². The fourth-order valence-electron chi connectivity index (χ4n) is 4.27. The van der Waals surface area contributed by atoms with Crippen LogP contribution >= 0.6 is 0 Å². The Bertz CT molecular complexity index is 831. The van der Waals surface area contributed by atoms with E-state index in [1.165, 1.54) is 19.3 Å². The van der Waals surface area contributed by atoms with Crippen LogP contribution < -0.4 is 10.2 Å². The van der Waals surface area contributed by atoms with E-state index in [2.05, 4.69) is 31.2 Å². The number of anilines is 1. The van der Waals surface area contributed by atoms with Gasteiger partial charge < -0.3 is 10.2 Å². The highest BCUT2D eigenvalue weighted by Crippen LogP contribution is 2.26. The third-order valence-electron chi connectivity index (χ3n) is 6.03. The average Bonchev–Trinajstić information content (AvgIpc) is 2.69. The lowest BCUT2D eigenvalue weighted by Gasteiger charge is -2.34. The number of nitrogens with one attached hydrogen (secondary N) is 1. The Morgan fingerprint density at radius 1 is 1.07 bits per heavy atom. The molecular formula is C21H29N5O. The zero-order valence-corrected chi connectivity index (χ0v) is 16.4. The highest BCUT2D eigenvalue weighted by Gasteiger charge is 2.28. The first-order chi connectivity index (χ1) is 13.1. The van der Waals surface area contributed by atoms with E-state index in [4.69, 9.17) is 0 Å². The molecule has 1 aliphatic heterocycles. The zero-order chi connectivity index (χ0) is 18.8. The van der Waals surface area contributed by atoms with Gasteiger partial charge >= 0.3 is 0 Å². The smallest absolute Gasteiger partial charge is 0.225 e. The summed E-state index contributed by atoms with van der Waals surface area (Å²) in [6.07, 6.45) is 9.92. The number of hydrogen-bond donors (Lipinski definition) is 1. The summed E-state index contributed by atoms with van der Waals surface area (Å²) in [4.78, 5) is 28.7. The minimum absolute atomic E-state index is 0.0576. The predicted molar refractivity (Wildman–Crippen MR) is 107 cm³/mol. The van der Waals surface area contributed by atoms with Gasteiger partial charge in [0.1, 0.15) is 5.52 Å². The number of aromatic nitrogens is 3. The first-order valence-electron chi connectivity index (χ1n) is 10.3. The number of aryl methyl sites for hydroxylation is 2. The lowest BCUT2D eigenvalue weighted by atomic mass is 9.93. The Kier molecular flexibility index (Phi) is 5.23. The van der Waals surface area contributed by atoms with Crippen LogP contribution in [0.25, 0.3) is 11.2 Å². The molecule has 2 aromatic heterocycles. The van der Waals surface area contributed by atoms with Crippen LogP contribution in [0.15, 0.2) is 12.3 Å². The Hall–Kier alpha value is -2.24. The molecule has 1 saturated carbocycles. The molecule has 2 fully saturated rings. The molecule has 0 radical (unpaired) electrons. The second-order valence-electron chi connectivity index (χ2n) is 8.06. The van der Waals surface area contributed by atoms with Crippen LogP contribution in [0.1, 0.15) is 56.3 Å². The van der Waals surface area contributed by atoms with E-state index < -0.39 is 0 Å². The monoisotopic (exact) mass is 367 g/mol. The Morgan fingerprint density at radius 3 is 2.67 bits per heavy atom. The van der Waals surface area contributed by atoms with Crippen molar-refractivity contribution in [2.45, 2.75) is 64.8 Å². The molecule has 27 heavy (non-hydrogen) atoms. The summed E-state index contributed by atoms with van der Waals surface area (Å²) >= 11 is 0. The lowest BCUT2D eigenvalue weighted by molar-refractivity contribution is -0.126. The van der Waals surface area contributed by atoms with E-state index in [0.29, 0.717) is 11.7 Å². The maximum Gasteiger partial charge on any atom is 0.225 e. The first kappa shape index (κ1) is 18.1. The topological polar surface area (TPSA) is 71.0 Å². The van der Waals surface area contributed by atoms with E-state index >= 15 is 0 Å². The fourth-order valence-corrected chi connectivity index (χ4v) is 4.27. The van der Waals surface area contributed by atoms with Crippen molar-refractivity contribution in [2.75, 3.05) is 18.0 Å². The molecule has 144 valence electrons. The summed E-state index contributed by atoms with van der Waals surface area (Å²) in [5, 5.41) is 3.30. The van der Waals surface area contributed by atoms with Crippen molar-refractivity contribution in [1.29, 1.82) is 0 Å². The van der Waals surface area contributed by atoms with Crippen molar-refractivity contribution < 1.29 is 4.79 Å². The Balaban J connectivity index is 1.46. The van der Waals surface area contributed by atoms with Gasteiger partial charge in [-0.15, -0.1) is 0 Å². The molecule has 0 bridgehead atoms. The van der Waals surface area contributed by atoms with Gasteiger partial charge in [0.05, 0.1) is 29.2 Å². The maximum atomic E-state index is 12.8. The van der Waals surface area contributed by atoms with Crippen LogP contribution in [0.5, 0.6) is 0 Å². The molecule has 2 aliphatic rings. The lowest BCUT2D eigenvalue weighted by Crippen LogP contribution is -2.46. The molecule has 6 nitrogen and oxygen atoms in total. The summed E-state index contributed by atoms with van der Waals surface area (Å²) in [6.45, 7) is 5.64. The minimum atomic E-state index is 0.0576. The number of amides is 1. The summed E-state index contributed by atoms with van der Waals surface area (Å²) in [5.74, 6) is 0.286. The van der Waals surface area contributed by atoms with E-state index in [9.17, 15) is 4.79 Å². The highest BCUT2D eigenvalue weighted by atomic mass is 16.2. The van der Waals surface area contributed by atoms with E-state index in [0.717, 1.165) is 61.4 Å². The first-order valence-corrected chi connectivity index (χ1v) is 10.3. The summed E-state index contributed by atoms with van der Waals surface area (Å²) in [5.41, 5.74) is 4.40. The SMILES string of the molecule is Cc1nc2cc(N3CCCC(C(=O)NC4CCCCC4)C3)cnc2nc1C. The second kappa shape index (κ2) is 7.79. The molecule has 2 aromatic rings. The maximum absolute atomic E-state index is 12.8. The van der Waals surface area contributed by atoms with Crippen molar-refractivity contribution in [1.82, 2.24) is 20.3 Å². The number of rotatable bonds is 3. The molecule has 1 unspecified atom stereocenters. The van der Waals surface area contributed by atoms with Crippen LogP contribution in [0.4, 0.5) is 5.69 Å². The second-order valence-corrected chi connectivity index (χ2v) is 8.06. The molecule has 1 amide bonds. The van der Waals surface area contributed by atoms with Crippen LogP contribution in [-0.4, -0.2) is 40.0 Å². The van der Waals surface area contributed by atoms with Gasteiger partial charge in [0.15, 0.2) is 5.65 Å². The normalized spacial score (nSPS) is 21.4. The van der Waals surface area contributed by atoms with Crippen molar-refractivity contribution in [3.63, 3.8) is 0 Å². The van der Waals surface area contributed by atoms with Gasteiger partial charge in [-0.25, -0.2) is 15.0 Å². The molecule has 1 N–H and O–H groups in total. The molecule has 3 heterocycles. The van der Waals surface area contributed by atoms with Crippen LogP contribution in [0.3, 0.4) is 0 Å². The molecular weight excluding hydrogens is 338 g/mol. The largest absolute Gasteiger partial charge is 0.369 e. The molecule has 1 atom stereocenters. The van der Waals surface area contributed by atoms with E-state index in [1.54, 1.807) is 0 Å². The van der Waals surface area contributed by atoms with Crippen molar-refractivity contribution in [3.05, 3.63) is 23.7 Å². The summed E-state index contributed by atoms with van der Waals surface area (Å²) in [7, 11) is 0. The number of piperidine rings is 1. The Labute approximate surface area is 160 Å². The third-order valence-corrected chi connectivity index (χ3v) is 6.03. The van der Waals surface area contributed by atoms with Crippen LogP contribution in [-0.2, 0) is 4.79 Å². The molecule has 0 aromatic carbocycles. The Morgan fingerprint density at radius 2 is 1.85 bits per heavy atom. The van der Waals surface area contributed by atoms with E-state index in [-0.39, 0.29) is 11.8 Å². The molecule has 4 rings (SSSR count). The van der Waals surface area contributed by atoms with Gasteiger partial charge in [0.2, 0.25) is 5.91 Å². The number of nitrogens with zero attached hydrogens (tertiary/aromatic N) is 4. The summed E-state index contributed by atoms with van der Waals surface area (Å²) < 4.78 is 0. The van der Waals surface area contributed by atoms with Crippen molar-refractivity contribution in [2.24, 2.45) is 5.92 Å². The van der Waals surface area contributed by atoms with Crippen molar-refractivity contribution >= 4 is 22.8 Å². The molecule has 6 heteroatoms. The minimum Gasteiger partial charge on any atom is -0.369 e. The van der Waals surface area contributed by atoms with Crippen LogP contribution in [0, 0.1) is 19.8 Å². The standard InChI is InChI=1S/C21H29N5O/c1-14-15(2)24-20-19(23-14)11-18(12-22-20)26-10-6-7-16(13-26)21(27)25-17-8-4-3-5-9-17/h11-12,16-17H,3-10,13H2,1-2H3,(H,25,27). The quantitative estimate of drug-likeness (QED) is 0.901.